The number of benzene rings is 1. The fourth-order valence-corrected chi connectivity index (χ4v) is 1.43. The summed E-state index contributed by atoms with van der Waals surface area (Å²) in [4.78, 5) is 7.89. The van der Waals surface area contributed by atoms with Gasteiger partial charge in [-0.15, -0.1) is 0 Å². The van der Waals surface area contributed by atoms with Gasteiger partial charge in [0.25, 0.3) is 0 Å². The van der Waals surface area contributed by atoms with Gasteiger partial charge in [0.15, 0.2) is 5.15 Å². The lowest BCUT2D eigenvalue weighted by Gasteiger charge is -2.07. The quantitative estimate of drug-likeness (QED) is 0.710. The minimum atomic E-state index is -4.38. The van der Waals surface area contributed by atoms with Crippen molar-refractivity contribution in [1.82, 2.24) is 9.97 Å². The Morgan fingerprint density at radius 1 is 1.12 bits per heavy atom. The summed E-state index contributed by atoms with van der Waals surface area (Å²) in [7, 11) is 0. The van der Waals surface area contributed by atoms with Crippen LogP contribution in [0.1, 0.15) is 11.3 Å². The molecule has 0 atom stereocenters. The summed E-state index contributed by atoms with van der Waals surface area (Å²) in [6, 6.07) is 3.20. The van der Waals surface area contributed by atoms with Gasteiger partial charge < -0.3 is 0 Å². The maximum absolute atomic E-state index is 12.4. The molecule has 1 aromatic carbocycles. The summed E-state index contributed by atoms with van der Waals surface area (Å²) in [6.07, 6.45) is -4.38. The van der Waals surface area contributed by atoms with Crippen LogP contribution in [-0.2, 0) is 6.18 Å². The predicted molar refractivity (Wildman–Crippen MR) is 54.3 cm³/mol. The van der Waals surface area contributed by atoms with Crippen molar-refractivity contribution in [3.05, 3.63) is 34.6 Å². The Balaban J connectivity index is 2.67. The second kappa shape index (κ2) is 3.59. The van der Waals surface area contributed by atoms with E-state index in [0.717, 1.165) is 12.1 Å². The molecule has 1 heterocycles. The largest absolute Gasteiger partial charge is 0.416 e. The van der Waals surface area contributed by atoms with Gasteiger partial charge in [0.2, 0.25) is 0 Å². The Morgan fingerprint density at radius 2 is 1.81 bits per heavy atom. The summed E-state index contributed by atoms with van der Waals surface area (Å²) in [5, 5.41) is 0.117. The van der Waals surface area contributed by atoms with Crippen LogP contribution in [0.25, 0.3) is 11.0 Å². The summed E-state index contributed by atoms with van der Waals surface area (Å²) in [6.45, 7) is 1.65. The number of alkyl halides is 3. The molecule has 0 unspecified atom stereocenters. The summed E-state index contributed by atoms with van der Waals surface area (Å²) >= 11 is 5.70. The molecule has 0 aliphatic carbocycles. The molecule has 0 spiro atoms. The summed E-state index contributed by atoms with van der Waals surface area (Å²) < 4.78 is 37.2. The van der Waals surface area contributed by atoms with Gasteiger partial charge in [-0.05, 0) is 25.1 Å². The molecule has 2 nitrogen and oxygen atoms in total. The Morgan fingerprint density at radius 3 is 2.44 bits per heavy atom. The molecule has 0 saturated heterocycles. The number of halogens is 4. The van der Waals surface area contributed by atoms with Crippen molar-refractivity contribution in [2.24, 2.45) is 0 Å². The van der Waals surface area contributed by atoms with E-state index in [0.29, 0.717) is 11.2 Å². The molecule has 6 heteroatoms. The number of hydrogen-bond acceptors (Lipinski definition) is 2. The molecule has 0 radical (unpaired) electrons. The van der Waals surface area contributed by atoms with E-state index >= 15 is 0 Å². The lowest BCUT2D eigenvalue weighted by molar-refractivity contribution is -0.137. The zero-order valence-electron chi connectivity index (χ0n) is 8.14. The third-order valence-corrected chi connectivity index (χ3v) is 2.47. The highest BCUT2D eigenvalue weighted by atomic mass is 35.5. The van der Waals surface area contributed by atoms with E-state index in [1.54, 1.807) is 6.92 Å². The van der Waals surface area contributed by atoms with Crippen LogP contribution in [0.4, 0.5) is 13.2 Å². The van der Waals surface area contributed by atoms with Gasteiger partial charge in [0, 0.05) is 0 Å². The Bertz CT molecular complexity index is 551. The van der Waals surface area contributed by atoms with Crippen LogP contribution in [0, 0.1) is 6.92 Å². The highest BCUT2D eigenvalue weighted by Crippen LogP contribution is 2.31. The van der Waals surface area contributed by atoms with Crippen molar-refractivity contribution in [3.63, 3.8) is 0 Å². The van der Waals surface area contributed by atoms with Crippen LogP contribution in [0.3, 0.4) is 0 Å². The van der Waals surface area contributed by atoms with Gasteiger partial charge in [0.1, 0.15) is 0 Å². The summed E-state index contributed by atoms with van der Waals surface area (Å²) in [5.41, 5.74) is 0.281. The molecule has 0 N–H and O–H groups in total. The standard InChI is InChI=1S/C10H6ClF3N2/c1-5-9(11)16-8-4-6(10(12,13)14)2-3-7(8)15-5/h2-4H,1H3. The van der Waals surface area contributed by atoms with E-state index in [1.165, 1.54) is 6.07 Å². The number of aromatic nitrogens is 2. The Labute approximate surface area is 94.1 Å². The number of rotatable bonds is 0. The first-order chi connectivity index (χ1) is 7.38. The lowest BCUT2D eigenvalue weighted by atomic mass is 10.2. The molecule has 0 aliphatic heterocycles. The second-order valence-electron chi connectivity index (χ2n) is 3.30. The minimum absolute atomic E-state index is 0.117. The highest BCUT2D eigenvalue weighted by molar-refractivity contribution is 6.30. The van der Waals surface area contributed by atoms with Crippen molar-refractivity contribution in [3.8, 4) is 0 Å². The van der Waals surface area contributed by atoms with Crippen LogP contribution in [0.15, 0.2) is 18.2 Å². The normalized spacial score (nSPS) is 12.1. The first-order valence-electron chi connectivity index (χ1n) is 4.39. The first-order valence-corrected chi connectivity index (χ1v) is 4.77. The van der Waals surface area contributed by atoms with Crippen LogP contribution in [0.2, 0.25) is 5.15 Å². The van der Waals surface area contributed by atoms with Crippen molar-refractivity contribution < 1.29 is 13.2 Å². The SMILES string of the molecule is Cc1nc2ccc(C(F)(F)F)cc2nc1Cl. The fourth-order valence-electron chi connectivity index (χ4n) is 1.30. The van der Waals surface area contributed by atoms with Gasteiger partial charge >= 0.3 is 6.18 Å². The first kappa shape index (κ1) is 11.1. The van der Waals surface area contributed by atoms with Crippen LogP contribution in [-0.4, -0.2) is 9.97 Å². The molecule has 0 bridgehead atoms. The Kier molecular flexibility index (Phi) is 2.50. The number of hydrogen-bond donors (Lipinski definition) is 0. The van der Waals surface area contributed by atoms with Crippen LogP contribution >= 0.6 is 11.6 Å². The number of aryl methyl sites for hydroxylation is 1. The van der Waals surface area contributed by atoms with E-state index < -0.39 is 11.7 Å². The van der Waals surface area contributed by atoms with E-state index in [-0.39, 0.29) is 10.7 Å². The molecule has 0 aliphatic rings. The van der Waals surface area contributed by atoms with Crippen molar-refractivity contribution in [2.75, 3.05) is 0 Å². The highest BCUT2D eigenvalue weighted by Gasteiger charge is 2.30. The molecule has 16 heavy (non-hydrogen) atoms. The monoisotopic (exact) mass is 246 g/mol. The molecule has 0 saturated carbocycles. The van der Waals surface area contributed by atoms with Gasteiger partial charge in [-0.1, -0.05) is 11.6 Å². The van der Waals surface area contributed by atoms with Crippen molar-refractivity contribution >= 4 is 22.6 Å². The lowest BCUT2D eigenvalue weighted by Crippen LogP contribution is -2.05. The molecule has 0 fully saturated rings. The van der Waals surface area contributed by atoms with E-state index in [9.17, 15) is 13.2 Å². The average Bonchev–Trinajstić information content (AvgIpc) is 2.17. The van der Waals surface area contributed by atoms with Gasteiger partial charge in [-0.2, -0.15) is 13.2 Å². The smallest absolute Gasteiger partial charge is 0.248 e. The third-order valence-electron chi connectivity index (χ3n) is 2.11. The average molecular weight is 247 g/mol. The van der Waals surface area contributed by atoms with Crippen LogP contribution in [0.5, 0.6) is 0 Å². The maximum Gasteiger partial charge on any atom is 0.416 e. The van der Waals surface area contributed by atoms with Gasteiger partial charge in [-0.3, -0.25) is 0 Å². The number of fused-ring (bicyclic) bond motifs is 1. The third kappa shape index (κ3) is 1.95. The summed E-state index contributed by atoms with van der Waals surface area (Å²) in [5.74, 6) is 0. The topological polar surface area (TPSA) is 25.8 Å². The maximum atomic E-state index is 12.4. The van der Waals surface area contributed by atoms with Gasteiger partial charge in [0.05, 0.1) is 22.3 Å². The van der Waals surface area contributed by atoms with Crippen LogP contribution < -0.4 is 0 Å². The van der Waals surface area contributed by atoms with E-state index in [2.05, 4.69) is 9.97 Å². The zero-order valence-corrected chi connectivity index (χ0v) is 8.89. The van der Waals surface area contributed by atoms with E-state index in [4.69, 9.17) is 11.6 Å². The molecule has 1 aromatic heterocycles. The Hall–Kier alpha value is -1.36. The number of nitrogens with zero attached hydrogens (tertiary/aromatic N) is 2. The zero-order chi connectivity index (χ0) is 11.9. The molecule has 0 amide bonds. The molecule has 84 valence electrons. The molecular weight excluding hydrogens is 241 g/mol. The van der Waals surface area contributed by atoms with Crippen molar-refractivity contribution in [1.29, 1.82) is 0 Å². The predicted octanol–water partition coefficient (Wildman–Crippen LogP) is 3.61. The second-order valence-corrected chi connectivity index (χ2v) is 3.66. The molecule has 2 aromatic rings. The van der Waals surface area contributed by atoms with Crippen molar-refractivity contribution in [2.45, 2.75) is 13.1 Å². The fraction of sp³-hybridized carbons (Fsp3) is 0.200. The van der Waals surface area contributed by atoms with E-state index in [1.807, 2.05) is 0 Å². The molecule has 2 rings (SSSR count). The molecular formula is C10H6ClF3N2. The minimum Gasteiger partial charge on any atom is -0.248 e. The van der Waals surface area contributed by atoms with Gasteiger partial charge in [-0.25, -0.2) is 9.97 Å².